The van der Waals surface area contributed by atoms with Crippen molar-refractivity contribution in [2.45, 2.75) is 57.3 Å². The zero-order chi connectivity index (χ0) is 18.7. The maximum atomic E-state index is 5.53. The van der Waals surface area contributed by atoms with Crippen molar-refractivity contribution < 1.29 is 4.52 Å². The monoisotopic (exact) mass is 377 g/mol. The molecule has 2 aliphatic rings. The molecule has 6 rings (SSSR count). The summed E-state index contributed by atoms with van der Waals surface area (Å²) in [5, 5.41) is 13.2. The van der Waals surface area contributed by atoms with Gasteiger partial charge in [0.1, 0.15) is 5.82 Å². The number of rotatable bonds is 5. The summed E-state index contributed by atoms with van der Waals surface area (Å²) in [6.45, 7) is 2.27. The Morgan fingerprint density at radius 2 is 2.18 bits per heavy atom. The number of aromatic nitrogens is 7. The first-order valence-corrected chi connectivity index (χ1v) is 10.3. The molecule has 144 valence electrons. The summed E-state index contributed by atoms with van der Waals surface area (Å²) in [5.41, 5.74) is 2.72. The van der Waals surface area contributed by atoms with Crippen LogP contribution in [0.4, 0.5) is 0 Å². The normalized spacial score (nSPS) is 25.2. The molecule has 2 fully saturated rings. The van der Waals surface area contributed by atoms with Gasteiger partial charge >= 0.3 is 0 Å². The first-order valence-electron chi connectivity index (χ1n) is 10.3. The van der Waals surface area contributed by atoms with Gasteiger partial charge in [-0.2, -0.15) is 4.98 Å². The van der Waals surface area contributed by atoms with Crippen LogP contribution >= 0.6 is 0 Å². The Morgan fingerprint density at radius 1 is 1.25 bits per heavy atom. The smallest absolute Gasteiger partial charge is 0.226 e. The first kappa shape index (κ1) is 16.2. The molecule has 3 atom stereocenters. The van der Waals surface area contributed by atoms with Crippen LogP contribution in [0.25, 0.3) is 16.8 Å². The molecule has 4 aromatic rings. The highest BCUT2D eigenvalue weighted by atomic mass is 16.5. The minimum Gasteiger partial charge on any atom is -0.345 e. The highest BCUT2D eigenvalue weighted by Crippen LogP contribution is 2.46. The molecule has 1 N–H and O–H groups in total. The molecule has 2 aliphatic carbocycles. The van der Waals surface area contributed by atoms with Crippen LogP contribution in [0.1, 0.15) is 68.4 Å². The third kappa shape index (κ3) is 2.54. The van der Waals surface area contributed by atoms with Crippen molar-refractivity contribution in [3.05, 3.63) is 36.0 Å². The third-order valence-electron chi connectivity index (χ3n) is 6.51. The highest BCUT2D eigenvalue weighted by Gasteiger charge is 2.38. The quantitative estimate of drug-likeness (QED) is 0.570. The second kappa shape index (κ2) is 6.12. The average molecular weight is 377 g/mol. The molecule has 0 aliphatic heterocycles. The third-order valence-corrected chi connectivity index (χ3v) is 6.51. The van der Waals surface area contributed by atoms with E-state index in [4.69, 9.17) is 4.52 Å². The molecule has 2 saturated carbocycles. The van der Waals surface area contributed by atoms with Crippen LogP contribution < -0.4 is 0 Å². The Balaban J connectivity index is 1.30. The van der Waals surface area contributed by atoms with Crippen LogP contribution in [-0.2, 0) is 6.42 Å². The van der Waals surface area contributed by atoms with E-state index < -0.39 is 0 Å². The Kier molecular flexibility index (Phi) is 3.54. The molecule has 8 heteroatoms. The minimum atomic E-state index is 0.385. The fourth-order valence-corrected chi connectivity index (χ4v) is 4.92. The van der Waals surface area contributed by atoms with Crippen molar-refractivity contribution in [3.63, 3.8) is 0 Å². The van der Waals surface area contributed by atoms with E-state index in [1.54, 1.807) is 6.20 Å². The Bertz CT molecular complexity index is 1140. The number of fused-ring (bicyclic) bond motifs is 3. The fourth-order valence-electron chi connectivity index (χ4n) is 4.92. The maximum absolute atomic E-state index is 5.53. The van der Waals surface area contributed by atoms with Crippen LogP contribution in [0.15, 0.2) is 23.0 Å². The first-order chi connectivity index (χ1) is 13.8. The molecule has 0 amide bonds. The lowest BCUT2D eigenvalue weighted by atomic mass is 9.93. The van der Waals surface area contributed by atoms with Gasteiger partial charge in [0.2, 0.25) is 5.89 Å². The Hall–Kier alpha value is -2.77. The van der Waals surface area contributed by atoms with Gasteiger partial charge in [0.05, 0.1) is 11.7 Å². The lowest BCUT2D eigenvalue weighted by Crippen LogP contribution is -2.09. The second-order valence-corrected chi connectivity index (χ2v) is 8.36. The number of hydrogen-bond acceptors (Lipinski definition) is 6. The molecule has 4 heterocycles. The van der Waals surface area contributed by atoms with E-state index in [2.05, 4.69) is 41.6 Å². The molecule has 3 unspecified atom stereocenters. The van der Waals surface area contributed by atoms with Gasteiger partial charge in [0, 0.05) is 24.5 Å². The largest absolute Gasteiger partial charge is 0.345 e. The van der Waals surface area contributed by atoms with Gasteiger partial charge in [-0.25, -0.2) is 4.98 Å². The van der Waals surface area contributed by atoms with Crippen molar-refractivity contribution >= 4 is 16.8 Å². The van der Waals surface area contributed by atoms with Gasteiger partial charge in [-0.3, -0.25) is 4.40 Å². The minimum absolute atomic E-state index is 0.385. The van der Waals surface area contributed by atoms with E-state index in [0.29, 0.717) is 23.7 Å². The highest BCUT2D eigenvalue weighted by molar-refractivity contribution is 5.74. The fraction of sp³-hybridized carbons (Fsp3) is 0.550. The Morgan fingerprint density at radius 3 is 3.04 bits per heavy atom. The summed E-state index contributed by atoms with van der Waals surface area (Å²) in [4.78, 5) is 12.3. The Labute approximate surface area is 161 Å². The number of nitrogens with one attached hydrogen (secondary N) is 1. The molecule has 0 aromatic carbocycles. The topological polar surface area (TPSA) is 97.8 Å². The van der Waals surface area contributed by atoms with Gasteiger partial charge in [0.25, 0.3) is 0 Å². The second-order valence-electron chi connectivity index (χ2n) is 8.36. The molecule has 0 spiro atoms. The SMILES string of the molecule is CCC1CC(Cc2nc(C3CC3)no2)CC1c1nnc2cnc3[nH]ccc3n12. The number of hydrogen-bond donors (Lipinski definition) is 1. The summed E-state index contributed by atoms with van der Waals surface area (Å²) < 4.78 is 7.71. The summed E-state index contributed by atoms with van der Waals surface area (Å²) in [7, 11) is 0. The summed E-state index contributed by atoms with van der Waals surface area (Å²) in [5.74, 6) is 4.81. The zero-order valence-corrected chi connectivity index (χ0v) is 15.9. The summed E-state index contributed by atoms with van der Waals surface area (Å²) in [6, 6.07) is 2.05. The van der Waals surface area contributed by atoms with E-state index >= 15 is 0 Å². The van der Waals surface area contributed by atoms with E-state index in [1.165, 1.54) is 19.3 Å². The molecular formula is C20H23N7O. The lowest BCUT2D eigenvalue weighted by molar-refractivity contribution is 0.346. The van der Waals surface area contributed by atoms with Crippen LogP contribution in [0, 0.1) is 11.8 Å². The number of aromatic amines is 1. The van der Waals surface area contributed by atoms with Crippen LogP contribution in [0.3, 0.4) is 0 Å². The van der Waals surface area contributed by atoms with Crippen LogP contribution in [0.2, 0.25) is 0 Å². The van der Waals surface area contributed by atoms with Gasteiger partial charge in [0.15, 0.2) is 17.1 Å². The van der Waals surface area contributed by atoms with Crippen molar-refractivity contribution in [1.82, 2.24) is 34.7 Å². The summed E-state index contributed by atoms with van der Waals surface area (Å²) in [6.07, 6.45) is 10.4. The van der Waals surface area contributed by atoms with Crippen molar-refractivity contribution in [1.29, 1.82) is 0 Å². The zero-order valence-electron chi connectivity index (χ0n) is 15.9. The standard InChI is InChI=1S/C20H23N7O/c1-2-12-7-11(9-17-23-18(26-28-17)13-3-4-13)8-14(12)20-25-24-16-10-22-19-15(27(16)20)5-6-21-19/h5-6,10-14,21H,2-4,7-9H2,1H3. The molecule has 0 saturated heterocycles. The van der Waals surface area contributed by atoms with Gasteiger partial charge in [-0.15, -0.1) is 10.2 Å². The predicted octanol–water partition coefficient (Wildman–Crippen LogP) is 3.63. The molecule has 0 bridgehead atoms. The maximum Gasteiger partial charge on any atom is 0.226 e. The van der Waals surface area contributed by atoms with Crippen molar-refractivity contribution in [2.24, 2.45) is 11.8 Å². The van der Waals surface area contributed by atoms with Gasteiger partial charge in [-0.05, 0) is 43.6 Å². The average Bonchev–Trinajstić information content (AvgIpc) is 3.12. The number of H-pyrrole nitrogens is 1. The van der Waals surface area contributed by atoms with E-state index in [9.17, 15) is 0 Å². The van der Waals surface area contributed by atoms with E-state index in [-0.39, 0.29) is 0 Å². The van der Waals surface area contributed by atoms with Gasteiger partial charge in [-0.1, -0.05) is 18.5 Å². The predicted molar refractivity (Wildman–Crippen MR) is 102 cm³/mol. The molecular weight excluding hydrogens is 354 g/mol. The molecule has 28 heavy (non-hydrogen) atoms. The van der Waals surface area contributed by atoms with Crippen LogP contribution in [-0.4, -0.2) is 34.7 Å². The van der Waals surface area contributed by atoms with Crippen molar-refractivity contribution in [3.8, 4) is 0 Å². The number of nitrogens with zero attached hydrogens (tertiary/aromatic N) is 6. The molecule has 8 nitrogen and oxygen atoms in total. The summed E-state index contributed by atoms with van der Waals surface area (Å²) >= 11 is 0. The molecule has 4 aromatic heterocycles. The lowest BCUT2D eigenvalue weighted by Gasteiger charge is -2.16. The molecule has 0 radical (unpaired) electrons. The van der Waals surface area contributed by atoms with E-state index in [0.717, 1.165) is 53.6 Å². The van der Waals surface area contributed by atoms with E-state index in [1.807, 2.05) is 12.3 Å². The van der Waals surface area contributed by atoms with Gasteiger partial charge < -0.3 is 9.51 Å². The van der Waals surface area contributed by atoms with Crippen LogP contribution in [0.5, 0.6) is 0 Å². The van der Waals surface area contributed by atoms with Crippen molar-refractivity contribution in [2.75, 3.05) is 0 Å².